The van der Waals surface area contributed by atoms with Crippen molar-refractivity contribution in [3.8, 4) is 0 Å². The number of likely N-dealkylation sites (tertiary alicyclic amines) is 1. The molecule has 0 aromatic carbocycles. The number of amides is 2. The highest BCUT2D eigenvalue weighted by Gasteiger charge is 2.22. The van der Waals surface area contributed by atoms with Crippen molar-refractivity contribution in [1.82, 2.24) is 14.6 Å². The SMILES string of the molecule is Cc1noc(C)c1C(=O)Nc1cc(C(=O)N2CCCCCC2)cn(C)c1=O. The lowest BCUT2D eigenvalue weighted by atomic mass is 10.1. The first-order valence-corrected chi connectivity index (χ1v) is 9.12. The molecule has 0 aliphatic carbocycles. The van der Waals surface area contributed by atoms with Gasteiger partial charge in [0, 0.05) is 26.3 Å². The van der Waals surface area contributed by atoms with Crippen LogP contribution in [-0.4, -0.2) is 39.5 Å². The predicted molar refractivity (Wildman–Crippen MR) is 100.0 cm³/mol. The van der Waals surface area contributed by atoms with Gasteiger partial charge in [0.2, 0.25) is 0 Å². The van der Waals surface area contributed by atoms with E-state index in [0.29, 0.717) is 35.7 Å². The van der Waals surface area contributed by atoms with Gasteiger partial charge in [0.15, 0.2) is 0 Å². The van der Waals surface area contributed by atoms with E-state index >= 15 is 0 Å². The first-order valence-electron chi connectivity index (χ1n) is 9.12. The first kappa shape index (κ1) is 18.9. The summed E-state index contributed by atoms with van der Waals surface area (Å²) in [7, 11) is 1.56. The number of hydrogen-bond donors (Lipinski definition) is 1. The Morgan fingerprint density at radius 1 is 1.15 bits per heavy atom. The van der Waals surface area contributed by atoms with Crippen LogP contribution < -0.4 is 10.9 Å². The molecule has 3 rings (SSSR count). The minimum atomic E-state index is -0.484. The number of aryl methyl sites for hydroxylation is 3. The number of nitrogens with one attached hydrogen (secondary N) is 1. The zero-order chi connectivity index (χ0) is 19.6. The number of hydrogen-bond acceptors (Lipinski definition) is 5. The Bertz CT molecular complexity index is 901. The van der Waals surface area contributed by atoms with Crippen LogP contribution in [0.3, 0.4) is 0 Å². The second-order valence-corrected chi connectivity index (χ2v) is 6.92. The molecule has 2 aromatic heterocycles. The molecule has 1 saturated heterocycles. The van der Waals surface area contributed by atoms with Crippen molar-refractivity contribution in [3.05, 3.63) is 45.2 Å². The molecule has 0 unspecified atom stereocenters. The number of carbonyl (C=O) groups is 2. The lowest BCUT2D eigenvalue weighted by molar-refractivity contribution is 0.0760. The molecule has 2 aromatic rings. The molecule has 144 valence electrons. The lowest BCUT2D eigenvalue weighted by Gasteiger charge is -2.21. The van der Waals surface area contributed by atoms with E-state index in [4.69, 9.17) is 4.52 Å². The van der Waals surface area contributed by atoms with Gasteiger partial charge in [-0.25, -0.2) is 0 Å². The van der Waals surface area contributed by atoms with Crippen LogP contribution in [0.1, 0.15) is 57.9 Å². The second-order valence-electron chi connectivity index (χ2n) is 6.92. The molecule has 27 heavy (non-hydrogen) atoms. The zero-order valence-electron chi connectivity index (χ0n) is 15.9. The number of rotatable bonds is 3. The highest BCUT2D eigenvalue weighted by Crippen LogP contribution is 2.17. The number of aromatic nitrogens is 2. The van der Waals surface area contributed by atoms with E-state index in [9.17, 15) is 14.4 Å². The fourth-order valence-electron chi connectivity index (χ4n) is 3.37. The maximum Gasteiger partial charge on any atom is 0.274 e. The van der Waals surface area contributed by atoms with Gasteiger partial charge in [-0.05, 0) is 32.8 Å². The summed E-state index contributed by atoms with van der Waals surface area (Å²) in [5.74, 6) is -0.235. The van der Waals surface area contributed by atoms with Crippen molar-refractivity contribution in [3.63, 3.8) is 0 Å². The molecule has 1 aliphatic rings. The van der Waals surface area contributed by atoms with Crippen LogP contribution in [0.5, 0.6) is 0 Å². The number of nitrogens with zero attached hydrogens (tertiary/aromatic N) is 3. The van der Waals surface area contributed by atoms with E-state index in [0.717, 1.165) is 25.7 Å². The Labute approximate surface area is 157 Å². The standard InChI is InChI=1S/C19H24N4O4/c1-12-16(13(2)27-21-12)17(24)20-15-10-14(11-22(3)19(15)26)18(25)23-8-6-4-5-7-9-23/h10-11H,4-9H2,1-3H3,(H,20,24). The van der Waals surface area contributed by atoms with Crippen LogP contribution in [0.15, 0.2) is 21.6 Å². The highest BCUT2D eigenvalue weighted by molar-refractivity contribution is 6.06. The summed E-state index contributed by atoms with van der Waals surface area (Å²) in [6.07, 6.45) is 5.72. The predicted octanol–water partition coefficient (Wildman–Crippen LogP) is 2.26. The molecule has 1 N–H and O–H groups in total. The van der Waals surface area contributed by atoms with Crippen LogP contribution in [-0.2, 0) is 7.05 Å². The van der Waals surface area contributed by atoms with Gasteiger partial charge in [0.25, 0.3) is 17.4 Å². The zero-order valence-corrected chi connectivity index (χ0v) is 15.9. The van der Waals surface area contributed by atoms with E-state index < -0.39 is 5.91 Å². The molecule has 1 fully saturated rings. The summed E-state index contributed by atoms with van der Waals surface area (Å²) in [6, 6.07) is 1.45. The topological polar surface area (TPSA) is 97.4 Å². The van der Waals surface area contributed by atoms with Crippen molar-refractivity contribution in [2.75, 3.05) is 18.4 Å². The number of pyridine rings is 1. The summed E-state index contributed by atoms with van der Waals surface area (Å²) in [5.41, 5.74) is 0.790. The Balaban J connectivity index is 1.89. The van der Waals surface area contributed by atoms with E-state index in [1.807, 2.05) is 4.90 Å². The smallest absolute Gasteiger partial charge is 0.274 e. The Morgan fingerprint density at radius 3 is 2.41 bits per heavy atom. The molecule has 0 atom stereocenters. The third kappa shape index (κ3) is 3.94. The third-order valence-electron chi connectivity index (χ3n) is 4.83. The fourth-order valence-corrected chi connectivity index (χ4v) is 3.37. The summed E-state index contributed by atoms with van der Waals surface area (Å²) >= 11 is 0. The maximum absolute atomic E-state index is 12.9. The molecular formula is C19H24N4O4. The van der Waals surface area contributed by atoms with Crippen molar-refractivity contribution in [2.45, 2.75) is 39.5 Å². The molecule has 1 aliphatic heterocycles. The Hall–Kier alpha value is -2.90. The van der Waals surface area contributed by atoms with Crippen molar-refractivity contribution in [1.29, 1.82) is 0 Å². The second kappa shape index (κ2) is 7.77. The van der Waals surface area contributed by atoms with Crippen LogP contribution in [0.2, 0.25) is 0 Å². The van der Waals surface area contributed by atoms with Gasteiger partial charge in [-0.15, -0.1) is 0 Å². The monoisotopic (exact) mass is 372 g/mol. The van der Waals surface area contributed by atoms with Crippen molar-refractivity contribution in [2.24, 2.45) is 7.05 Å². The minimum absolute atomic E-state index is 0.0585. The molecule has 8 heteroatoms. The summed E-state index contributed by atoms with van der Waals surface area (Å²) in [5, 5.41) is 6.36. The van der Waals surface area contributed by atoms with E-state index in [1.54, 1.807) is 20.9 Å². The molecular weight excluding hydrogens is 348 g/mol. The molecule has 0 bridgehead atoms. The van der Waals surface area contributed by atoms with E-state index in [1.165, 1.54) is 16.8 Å². The quantitative estimate of drug-likeness (QED) is 0.891. The van der Waals surface area contributed by atoms with Gasteiger partial charge in [-0.3, -0.25) is 14.4 Å². The summed E-state index contributed by atoms with van der Waals surface area (Å²) < 4.78 is 6.32. The van der Waals surface area contributed by atoms with Crippen molar-refractivity contribution < 1.29 is 14.1 Å². The van der Waals surface area contributed by atoms with Gasteiger partial charge in [-0.1, -0.05) is 18.0 Å². The van der Waals surface area contributed by atoms with E-state index in [2.05, 4.69) is 10.5 Å². The number of anilines is 1. The summed E-state index contributed by atoms with van der Waals surface area (Å²) in [6.45, 7) is 4.71. The van der Waals surface area contributed by atoms with E-state index in [-0.39, 0.29) is 17.2 Å². The van der Waals surface area contributed by atoms with Crippen LogP contribution in [0.25, 0.3) is 0 Å². The van der Waals surface area contributed by atoms with Crippen LogP contribution >= 0.6 is 0 Å². The lowest BCUT2D eigenvalue weighted by Crippen LogP contribution is -2.33. The molecule has 2 amide bonds. The summed E-state index contributed by atoms with van der Waals surface area (Å²) in [4.78, 5) is 39.7. The third-order valence-corrected chi connectivity index (χ3v) is 4.83. The average Bonchev–Trinajstić information content (AvgIpc) is 2.84. The highest BCUT2D eigenvalue weighted by atomic mass is 16.5. The molecule has 0 radical (unpaired) electrons. The van der Waals surface area contributed by atoms with Gasteiger partial charge < -0.3 is 19.3 Å². The largest absolute Gasteiger partial charge is 0.361 e. The molecule has 8 nitrogen and oxygen atoms in total. The fraction of sp³-hybridized carbons (Fsp3) is 0.474. The Kier molecular flexibility index (Phi) is 5.43. The molecule has 0 saturated carbocycles. The van der Waals surface area contributed by atoms with Gasteiger partial charge in [0.1, 0.15) is 17.0 Å². The first-order chi connectivity index (χ1) is 12.9. The van der Waals surface area contributed by atoms with Gasteiger partial charge in [0.05, 0.1) is 11.3 Å². The van der Waals surface area contributed by atoms with Gasteiger partial charge in [-0.2, -0.15) is 0 Å². The number of carbonyl (C=O) groups excluding carboxylic acids is 2. The van der Waals surface area contributed by atoms with Crippen LogP contribution in [0, 0.1) is 13.8 Å². The molecule has 3 heterocycles. The Morgan fingerprint density at radius 2 is 1.81 bits per heavy atom. The van der Waals surface area contributed by atoms with Crippen molar-refractivity contribution >= 4 is 17.5 Å². The minimum Gasteiger partial charge on any atom is -0.361 e. The molecule has 0 spiro atoms. The normalized spacial score (nSPS) is 14.7. The average molecular weight is 372 g/mol. The van der Waals surface area contributed by atoms with Crippen LogP contribution in [0.4, 0.5) is 5.69 Å². The van der Waals surface area contributed by atoms with Gasteiger partial charge >= 0.3 is 0 Å². The maximum atomic E-state index is 12.9.